The van der Waals surface area contributed by atoms with E-state index in [0.29, 0.717) is 24.6 Å². The standard InChI is InChI=1S/C27H22F3N7O2/c1-14-2-5-18(34-25(39)21-11-17(6-7-31-21)27(28,29)30)12-19(14)20-10-16-13-33-26(36-24(38)15-3-4-15)35-22(16)37-9-8-32-23(20)37/h2,5-7,10-13,15,32H,3-4,8-9H2,1H3,(H,34,39). The molecule has 2 N–H and O–H groups in total. The summed E-state index contributed by atoms with van der Waals surface area (Å²) in [5.74, 6) is 0.491. The van der Waals surface area contributed by atoms with Gasteiger partial charge in [-0.25, -0.2) is 4.98 Å². The van der Waals surface area contributed by atoms with Crippen LogP contribution in [0.5, 0.6) is 0 Å². The van der Waals surface area contributed by atoms with Crippen LogP contribution in [-0.2, 0) is 17.5 Å². The first kappa shape index (κ1) is 24.7. The van der Waals surface area contributed by atoms with Crippen LogP contribution in [0.1, 0.15) is 34.5 Å². The van der Waals surface area contributed by atoms with Crippen LogP contribution in [0.2, 0.25) is 0 Å². The fourth-order valence-corrected chi connectivity index (χ4v) is 4.56. The summed E-state index contributed by atoms with van der Waals surface area (Å²) < 4.78 is 41.2. The number of carbonyl (C=O) groups is 2. The van der Waals surface area contributed by atoms with Gasteiger partial charge in [-0.1, -0.05) is 6.07 Å². The van der Waals surface area contributed by atoms with Gasteiger partial charge in [-0.3, -0.25) is 14.6 Å². The number of halogens is 3. The number of nitrogens with one attached hydrogen (secondary N) is 2. The second-order valence-electron chi connectivity index (χ2n) is 9.57. The van der Waals surface area contributed by atoms with E-state index in [4.69, 9.17) is 0 Å². The van der Waals surface area contributed by atoms with Crippen LogP contribution < -0.4 is 16.3 Å². The molecule has 1 aliphatic carbocycles. The van der Waals surface area contributed by atoms with Crippen molar-refractivity contribution < 1.29 is 22.8 Å². The van der Waals surface area contributed by atoms with Crippen LogP contribution in [-0.4, -0.2) is 37.9 Å². The first-order valence-electron chi connectivity index (χ1n) is 12.4. The molecule has 0 spiro atoms. The number of aromatic nitrogens is 4. The first-order valence-corrected chi connectivity index (χ1v) is 12.4. The van der Waals surface area contributed by atoms with E-state index in [-0.39, 0.29) is 23.1 Å². The molecule has 12 heteroatoms. The van der Waals surface area contributed by atoms with Crippen LogP contribution in [0.15, 0.2) is 53.8 Å². The van der Waals surface area contributed by atoms with Crippen molar-refractivity contribution in [2.45, 2.75) is 32.5 Å². The van der Waals surface area contributed by atoms with Crippen LogP contribution in [0.4, 0.5) is 24.7 Å². The highest BCUT2D eigenvalue weighted by Gasteiger charge is 2.32. The molecule has 2 aromatic rings. The van der Waals surface area contributed by atoms with E-state index in [9.17, 15) is 22.8 Å². The molecule has 3 aliphatic heterocycles. The van der Waals surface area contributed by atoms with Gasteiger partial charge < -0.3 is 15.2 Å². The number of hydrogen-bond acceptors (Lipinski definition) is 6. The minimum atomic E-state index is -4.58. The lowest BCUT2D eigenvalue weighted by atomic mass is 9.98. The van der Waals surface area contributed by atoms with Crippen molar-refractivity contribution in [3.05, 3.63) is 71.2 Å². The van der Waals surface area contributed by atoms with Crippen LogP contribution in [0.25, 0.3) is 22.5 Å². The molecule has 9 nitrogen and oxygen atoms in total. The molecular weight excluding hydrogens is 511 g/mol. The minimum absolute atomic E-state index is 0.0215. The third-order valence-corrected chi connectivity index (χ3v) is 6.73. The molecule has 2 amide bonds. The van der Waals surface area contributed by atoms with E-state index >= 15 is 0 Å². The van der Waals surface area contributed by atoms with Crippen molar-refractivity contribution in [3.8, 4) is 22.5 Å². The van der Waals surface area contributed by atoms with Gasteiger partial charge in [0.05, 0.1) is 5.56 Å². The van der Waals surface area contributed by atoms with Gasteiger partial charge in [-0.05, 0) is 61.2 Å². The van der Waals surface area contributed by atoms with E-state index in [1.807, 2.05) is 23.6 Å². The molecule has 0 atom stereocenters. The number of aryl methyl sites for hydroxylation is 1. The van der Waals surface area contributed by atoms with Crippen molar-refractivity contribution in [1.82, 2.24) is 19.5 Å². The molecule has 1 fully saturated rings. The van der Waals surface area contributed by atoms with Crippen LogP contribution in [0, 0.1) is 12.8 Å². The molecule has 4 heterocycles. The normalized spacial score (nSPS) is 15.2. The Morgan fingerprint density at radius 3 is 2.69 bits per heavy atom. The lowest BCUT2D eigenvalue weighted by Crippen LogP contribution is -2.20. The highest BCUT2D eigenvalue weighted by atomic mass is 19.4. The molecule has 198 valence electrons. The summed E-state index contributed by atoms with van der Waals surface area (Å²) >= 11 is 0. The third kappa shape index (κ3) is 4.85. The number of alkyl halides is 3. The highest BCUT2D eigenvalue weighted by molar-refractivity contribution is 6.03. The van der Waals surface area contributed by atoms with Crippen molar-refractivity contribution in [1.29, 1.82) is 0 Å². The predicted molar refractivity (Wildman–Crippen MR) is 136 cm³/mol. The second kappa shape index (κ2) is 9.29. The summed E-state index contributed by atoms with van der Waals surface area (Å²) in [5.41, 5.74) is 2.57. The van der Waals surface area contributed by atoms with Crippen LogP contribution in [0.3, 0.4) is 0 Å². The SMILES string of the molecule is Cc1ccc(NC(=O)c2cc(C(F)(F)F)ccn2)cc1-c1cc2cnc(=NC(=O)C3CC3)nc-2n2c1NCC2. The molecule has 39 heavy (non-hydrogen) atoms. The number of pyridine rings is 2. The van der Waals surface area contributed by atoms with Gasteiger partial charge in [0.1, 0.15) is 17.3 Å². The molecule has 1 saturated carbocycles. The van der Waals surface area contributed by atoms with Gasteiger partial charge >= 0.3 is 6.18 Å². The van der Waals surface area contributed by atoms with Crippen molar-refractivity contribution >= 4 is 23.3 Å². The molecule has 0 saturated heterocycles. The lowest BCUT2D eigenvalue weighted by molar-refractivity contribution is -0.137. The summed E-state index contributed by atoms with van der Waals surface area (Å²) in [4.78, 5) is 41.6. The van der Waals surface area contributed by atoms with Gasteiger partial charge in [0.25, 0.3) is 17.4 Å². The Bertz CT molecular complexity index is 1670. The maximum Gasteiger partial charge on any atom is 0.416 e. The summed E-state index contributed by atoms with van der Waals surface area (Å²) in [7, 11) is 0. The topological polar surface area (TPSA) is 114 Å². The number of benzene rings is 1. The Balaban J connectivity index is 1.36. The monoisotopic (exact) mass is 533 g/mol. The number of amides is 2. The average molecular weight is 534 g/mol. The first-order chi connectivity index (χ1) is 18.7. The zero-order valence-corrected chi connectivity index (χ0v) is 20.7. The van der Waals surface area contributed by atoms with E-state index < -0.39 is 17.6 Å². The Morgan fingerprint density at radius 2 is 1.92 bits per heavy atom. The number of rotatable bonds is 4. The van der Waals surface area contributed by atoms with Crippen molar-refractivity contribution in [2.24, 2.45) is 10.9 Å². The van der Waals surface area contributed by atoms with Gasteiger partial charge in [0.15, 0.2) is 0 Å². The van der Waals surface area contributed by atoms with Gasteiger partial charge in [-0.2, -0.15) is 23.1 Å². The smallest absolute Gasteiger partial charge is 0.369 e. The summed E-state index contributed by atoms with van der Waals surface area (Å²) in [6.07, 6.45) is -0.286. The Morgan fingerprint density at radius 1 is 1.10 bits per heavy atom. The quantitative estimate of drug-likeness (QED) is 0.405. The van der Waals surface area contributed by atoms with E-state index in [1.165, 1.54) is 0 Å². The van der Waals surface area contributed by atoms with Crippen molar-refractivity contribution in [2.75, 3.05) is 17.2 Å². The van der Waals surface area contributed by atoms with E-state index in [1.54, 1.807) is 18.3 Å². The van der Waals surface area contributed by atoms with Gasteiger partial charge in [-0.15, -0.1) is 0 Å². The van der Waals surface area contributed by atoms with Crippen molar-refractivity contribution in [3.63, 3.8) is 0 Å². The average Bonchev–Trinajstić information content (AvgIpc) is 3.65. The number of hydrogen-bond donors (Lipinski definition) is 2. The van der Waals surface area contributed by atoms with E-state index in [2.05, 4.69) is 30.6 Å². The number of fused-ring (bicyclic) bond motifs is 3. The summed E-state index contributed by atoms with van der Waals surface area (Å²) in [6.45, 7) is 3.23. The molecule has 4 aliphatic rings. The molecule has 6 rings (SSSR count). The Hall–Kier alpha value is -4.61. The molecule has 0 unspecified atom stereocenters. The largest absolute Gasteiger partial charge is 0.416 e. The summed E-state index contributed by atoms with van der Waals surface area (Å²) in [6, 6.07) is 8.73. The fourth-order valence-electron chi connectivity index (χ4n) is 4.56. The number of nitrogens with zero attached hydrogens (tertiary/aromatic N) is 5. The third-order valence-electron chi connectivity index (χ3n) is 6.73. The predicted octanol–water partition coefficient (Wildman–Crippen LogP) is 4.29. The maximum atomic E-state index is 13.1. The molecular formula is C27H22F3N7O2. The molecule has 0 radical (unpaired) electrons. The number of anilines is 2. The maximum absolute atomic E-state index is 13.1. The Kier molecular flexibility index (Phi) is 5.89. The van der Waals surface area contributed by atoms with Crippen LogP contribution >= 0.6 is 0 Å². The van der Waals surface area contributed by atoms with Gasteiger partial charge in [0.2, 0.25) is 0 Å². The second-order valence-corrected chi connectivity index (χ2v) is 9.57. The molecule has 1 aromatic heterocycles. The molecule has 1 aromatic carbocycles. The Labute approximate surface area is 220 Å². The van der Waals surface area contributed by atoms with Gasteiger partial charge in [0, 0.05) is 48.2 Å². The fraction of sp³-hybridized carbons (Fsp3) is 0.259. The zero-order chi connectivity index (χ0) is 27.3. The minimum Gasteiger partial charge on any atom is -0.369 e. The highest BCUT2D eigenvalue weighted by Crippen LogP contribution is 2.39. The molecule has 0 bridgehead atoms. The number of carbonyl (C=O) groups excluding carboxylic acids is 2. The van der Waals surface area contributed by atoms with E-state index in [0.717, 1.165) is 59.2 Å². The summed E-state index contributed by atoms with van der Waals surface area (Å²) in [5, 5.41) is 6.04. The zero-order valence-electron chi connectivity index (χ0n) is 20.7. The lowest BCUT2D eigenvalue weighted by Gasteiger charge is -2.19.